The van der Waals surface area contributed by atoms with Crippen molar-refractivity contribution in [1.82, 2.24) is 14.8 Å². The highest BCUT2D eigenvalue weighted by Crippen LogP contribution is 2.35. The van der Waals surface area contributed by atoms with E-state index in [0.29, 0.717) is 37.7 Å². The van der Waals surface area contributed by atoms with Crippen LogP contribution in [0.4, 0.5) is 0 Å². The fourth-order valence-corrected chi connectivity index (χ4v) is 4.34. The Morgan fingerprint density at radius 1 is 1.07 bits per heavy atom. The fraction of sp³-hybridized carbons (Fsp3) is 0.667. The Morgan fingerprint density at radius 3 is 2.48 bits per heavy atom. The topological polar surface area (TPSA) is 81.2 Å². The molecule has 1 aromatic rings. The number of likely N-dealkylation sites (tertiary alicyclic amines) is 1. The van der Waals surface area contributed by atoms with Crippen molar-refractivity contribution in [3.8, 4) is 11.8 Å². The van der Waals surface area contributed by atoms with Gasteiger partial charge in [0, 0.05) is 44.3 Å². The van der Waals surface area contributed by atoms with E-state index in [-0.39, 0.29) is 35.7 Å². The zero-order valence-electron chi connectivity index (χ0n) is 17.1. The predicted molar refractivity (Wildman–Crippen MR) is 105 cm³/mol. The zero-order chi connectivity index (χ0) is 20.4. The van der Waals surface area contributed by atoms with Crippen LogP contribution in [0.25, 0.3) is 0 Å². The van der Waals surface area contributed by atoms with Crippen molar-refractivity contribution in [1.29, 1.82) is 0 Å². The Balaban J connectivity index is 1.49. The SMILES string of the molecule is COc1ccc(C(=O)N2CCC(N(C(=O)C3CC3)C3CCOCC3)C2)c(OC)n1. The van der Waals surface area contributed by atoms with E-state index in [0.717, 1.165) is 32.1 Å². The van der Waals surface area contributed by atoms with E-state index in [2.05, 4.69) is 9.88 Å². The Labute approximate surface area is 171 Å². The molecule has 1 saturated carbocycles. The van der Waals surface area contributed by atoms with Crippen LogP contribution in [0, 0.1) is 5.92 Å². The first-order valence-electron chi connectivity index (χ1n) is 10.4. The molecule has 8 heteroatoms. The quantitative estimate of drug-likeness (QED) is 0.720. The van der Waals surface area contributed by atoms with Crippen LogP contribution in [0.2, 0.25) is 0 Å². The van der Waals surface area contributed by atoms with Gasteiger partial charge in [-0.25, -0.2) is 0 Å². The first-order chi connectivity index (χ1) is 14.1. The van der Waals surface area contributed by atoms with Gasteiger partial charge in [0.25, 0.3) is 5.91 Å². The molecule has 1 aliphatic carbocycles. The van der Waals surface area contributed by atoms with E-state index in [1.54, 1.807) is 12.1 Å². The summed E-state index contributed by atoms with van der Waals surface area (Å²) >= 11 is 0. The third-order valence-electron chi connectivity index (χ3n) is 6.08. The highest BCUT2D eigenvalue weighted by molar-refractivity contribution is 5.96. The lowest BCUT2D eigenvalue weighted by Crippen LogP contribution is -2.51. The number of methoxy groups -OCH3 is 2. The lowest BCUT2D eigenvalue weighted by atomic mass is 10.0. The van der Waals surface area contributed by atoms with Crippen molar-refractivity contribution < 1.29 is 23.8 Å². The second kappa shape index (κ2) is 8.57. The molecule has 158 valence electrons. The molecule has 3 aliphatic rings. The molecule has 4 rings (SSSR count). The molecule has 29 heavy (non-hydrogen) atoms. The highest BCUT2D eigenvalue weighted by Gasteiger charge is 2.42. The van der Waals surface area contributed by atoms with Gasteiger partial charge in [0.1, 0.15) is 5.56 Å². The highest BCUT2D eigenvalue weighted by atomic mass is 16.5. The normalized spacial score (nSPS) is 22.4. The second-order valence-electron chi connectivity index (χ2n) is 7.97. The molecule has 1 aromatic heterocycles. The summed E-state index contributed by atoms with van der Waals surface area (Å²) in [6, 6.07) is 3.63. The van der Waals surface area contributed by atoms with Gasteiger partial charge in [-0.15, -0.1) is 0 Å². The number of carbonyl (C=O) groups excluding carboxylic acids is 2. The van der Waals surface area contributed by atoms with E-state index in [1.165, 1.54) is 14.2 Å². The molecule has 2 saturated heterocycles. The summed E-state index contributed by atoms with van der Waals surface area (Å²) < 4.78 is 15.9. The van der Waals surface area contributed by atoms with Gasteiger partial charge in [-0.05, 0) is 38.2 Å². The first-order valence-corrected chi connectivity index (χ1v) is 10.4. The molecule has 2 aliphatic heterocycles. The molecule has 1 atom stereocenters. The van der Waals surface area contributed by atoms with Crippen LogP contribution >= 0.6 is 0 Å². The molecule has 0 N–H and O–H groups in total. The van der Waals surface area contributed by atoms with Crippen molar-refractivity contribution in [3.63, 3.8) is 0 Å². The maximum Gasteiger partial charge on any atom is 0.259 e. The summed E-state index contributed by atoms with van der Waals surface area (Å²) in [4.78, 5) is 34.3. The van der Waals surface area contributed by atoms with Gasteiger partial charge in [0.2, 0.25) is 17.7 Å². The minimum Gasteiger partial charge on any atom is -0.481 e. The molecule has 8 nitrogen and oxygen atoms in total. The summed E-state index contributed by atoms with van der Waals surface area (Å²) in [6.45, 7) is 2.56. The molecule has 3 heterocycles. The van der Waals surface area contributed by atoms with Gasteiger partial charge in [0.15, 0.2) is 0 Å². The molecule has 0 spiro atoms. The van der Waals surface area contributed by atoms with Crippen molar-refractivity contribution in [2.24, 2.45) is 5.92 Å². The molecule has 1 unspecified atom stereocenters. The number of carbonyl (C=O) groups is 2. The van der Waals surface area contributed by atoms with Crippen LogP contribution in [0.5, 0.6) is 11.8 Å². The average molecular weight is 403 g/mol. The Bertz CT molecular complexity index is 761. The lowest BCUT2D eigenvalue weighted by Gasteiger charge is -2.38. The molecule has 2 amide bonds. The minimum absolute atomic E-state index is 0.0624. The van der Waals surface area contributed by atoms with Crippen LogP contribution < -0.4 is 9.47 Å². The predicted octanol–water partition coefficient (Wildman–Crippen LogP) is 1.73. The van der Waals surface area contributed by atoms with Gasteiger partial charge in [-0.1, -0.05) is 0 Å². The van der Waals surface area contributed by atoms with Crippen LogP contribution in [0.3, 0.4) is 0 Å². The summed E-state index contributed by atoms with van der Waals surface area (Å²) in [6.07, 6.45) is 4.52. The molecule has 3 fully saturated rings. The van der Waals surface area contributed by atoms with Crippen molar-refractivity contribution >= 4 is 11.8 Å². The number of amides is 2. The molecular formula is C21H29N3O5. The number of rotatable bonds is 6. The van der Waals surface area contributed by atoms with Gasteiger partial charge in [-0.3, -0.25) is 9.59 Å². The Hall–Kier alpha value is -2.35. The Kier molecular flexibility index (Phi) is 5.89. The number of ether oxygens (including phenoxy) is 3. The lowest BCUT2D eigenvalue weighted by molar-refractivity contribution is -0.139. The van der Waals surface area contributed by atoms with Crippen molar-refractivity contribution in [3.05, 3.63) is 17.7 Å². The van der Waals surface area contributed by atoms with Crippen molar-refractivity contribution in [2.75, 3.05) is 40.5 Å². The number of hydrogen-bond acceptors (Lipinski definition) is 6. The van der Waals surface area contributed by atoms with E-state index in [9.17, 15) is 9.59 Å². The molecule has 0 bridgehead atoms. The molecule has 0 radical (unpaired) electrons. The van der Waals surface area contributed by atoms with E-state index in [1.807, 2.05) is 4.90 Å². The monoisotopic (exact) mass is 403 g/mol. The third-order valence-corrected chi connectivity index (χ3v) is 6.08. The summed E-state index contributed by atoms with van der Waals surface area (Å²) in [5.74, 6) is 0.977. The number of aromatic nitrogens is 1. The number of pyridine rings is 1. The largest absolute Gasteiger partial charge is 0.481 e. The molecular weight excluding hydrogens is 374 g/mol. The summed E-state index contributed by atoms with van der Waals surface area (Å²) in [7, 11) is 3.02. The smallest absolute Gasteiger partial charge is 0.259 e. The summed E-state index contributed by atoms with van der Waals surface area (Å²) in [5, 5.41) is 0. The summed E-state index contributed by atoms with van der Waals surface area (Å²) in [5.41, 5.74) is 0.417. The number of nitrogens with zero attached hydrogens (tertiary/aromatic N) is 3. The zero-order valence-corrected chi connectivity index (χ0v) is 17.1. The molecule has 0 aromatic carbocycles. The maximum atomic E-state index is 13.1. The van der Waals surface area contributed by atoms with Crippen LogP contribution in [0.15, 0.2) is 12.1 Å². The standard InChI is InChI=1S/C21H29N3O5/c1-27-18-6-5-17(19(22-18)28-2)21(26)23-10-7-16(13-23)24(20(25)14-3-4-14)15-8-11-29-12-9-15/h5-6,14-16H,3-4,7-13H2,1-2H3. The third kappa shape index (κ3) is 4.17. The maximum absolute atomic E-state index is 13.1. The first kappa shape index (κ1) is 19.9. The van der Waals surface area contributed by atoms with Crippen LogP contribution in [-0.2, 0) is 9.53 Å². The van der Waals surface area contributed by atoms with Gasteiger partial charge in [0.05, 0.1) is 20.3 Å². The second-order valence-corrected chi connectivity index (χ2v) is 7.97. The number of hydrogen-bond donors (Lipinski definition) is 0. The van der Waals surface area contributed by atoms with Crippen molar-refractivity contribution in [2.45, 2.75) is 44.2 Å². The van der Waals surface area contributed by atoms with Gasteiger partial charge in [-0.2, -0.15) is 4.98 Å². The minimum atomic E-state index is -0.120. The Morgan fingerprint density at radius 2 is 1.83 bits per heavy atom. The van der Waals surface area contributed by atoms with Gasteiger partial charge < -0.3 is 24.0 Å². The van der Waals surface area contributed by atoms with Gasteiger partial charge >= 0.3 is 0 Å². The van der Waals surface area contributed by atoms with Crippen LogP contribution in [0.1, 0.15) is 42.5 Å². The van der Waals surface area contributed by atoms with E-state index in [4.69, 9.17) is 14.2 Å². The average Bonchev–Trinajstić information content (AvgIpc) is 3.52. The van der Waals surface area contributed by atoms with E-state index >= 15 is 0 Å². The van der Waals surface area contributed by atoms with E-state index < -0.39 is 0 Å². The van der Waals surface area contributed by atoms with Crippen LogP contribution in [-0.4, -0.2) is 79.2 Å². The fourth-order valence-electron chi connectivity index (χ4n) is 4.34.